The summed E-state index contributed by atoms with van der Waals surface area (Å²) in [6.45, 7) is 0. The van der Waals surface area contributed by atoms with E-state index in [0.29, 0.717) is 33.4 Å². The number of aromatic amines is 1. The number of rotatable bonds is 6. The van der Waals surface area contributed by atoms with Gasteiger partial charge in [0.15, 0.2) is 5.82 Å². The molecule has 2 radical (unpaired) electrons. The summed E-state index contributed by atoms with van der Waals surface area (Å²) in [6.07, 6.45) is 3.84. The van der Waals surface area contributed by atoms with E-state index in [1.165, 1.54) is 12.4 Å². The number of anilines is 3. The van der Waals surface area contributed by atoms with Gasteiger partial charge >= 0.3 is 0 Å². The van der Waals surface area contributed by atoms with Gasteiger partial charge in [-0.2, -0.15) is 30.3 Å². The van der Waals surface area contributed by atoms with Gasteiger partial charge < -0.3 is 10.6 Å². The lowest BCUT2D eigenvalue weighted by molar-refractivity contribution is 0.480. The highest BCUT2D eigenvalue weighted by Crippen LogP contribution is 2.37. The van der Waals surface area contributed by atoms with Crippen LogP contribution in [0, 0.1) is 34.4 Å². The maximum atomic E-state index is 13.8. The molecule has 38 heavy (non-hydrogen) atoms. The fourth-order valence-corrected chi connectivity index (χ4v) is 4.19. The average molecular weight is 524 g/mol. The van der Waals surface area contributed by atoms with Gasteiger partial charge in [0.25, 0.3) is 0 Å². The van der Waals surface area contributed by atoms with E-state index >= 15 is 0 Å². The summed E-state index contributed by atoms with van der Waals surface area (Å²) in [5.74, 6) is -2.41. The molecule has 9 nitrogen and oxygen atoms in total. The number of nitrogens with zero attached hydrogens (tertiary/aromatic N) is 6. The normalized spacial score (nSPS) is 12.3. The van der Waals surface area contributed by atoms with Gasteiger partial charge in [-0.05, 0) is 29.8 Å². The van der Waals surface area contributed by atoms with Gasteiger partial charge in [-0.1, -0.05) is 23.7 Å². The molecule has 0 aliphatic rings. The molecule has 3 N–H and O–H groups in total. The summed E-state index contributed by atoms with van der Waals surface area (Å²) in [5, 5.41) is 36.3. The Morgan fingerprint density at radius 3 is 2.55 bits per heavy atom. The SMILES string of the molecule is [B]C(Nc1cc(Cl)c2ncc(C#N)c(Nc3cnc(F)c(F)c3)c2c1)(c1cccc(C#N)c1)c1cn[nH]n1. The summed E-state index contributed by atoms with van der Waals surface area (Å²) in [5.41, 5.74) is 0.952. The Labute approximate surface area is 220 Å². The van der Waals surface area contributed by atoms with Crippen LogP contribution in [-0.2, 0) is 5.44 Å². The molecule has 0 aliphatic heterocycles. The first-order valence-corrected chi connectivity index (χ1v) is 11.2. The minimum atomic E-state index is -1.46. The number of fused-ring (bicyclic) bond motifs is 1. The van der Waals surface area contributed by atoms with Crippen LogP contribution in [0.2, 0.25) is 5.02 Å². The number of pyridine rings is 2. The molecule has 5 rings (SSSR count). The molecule has 0 fully saturated rings. The lowest BCUT2D eigenvalue weighted by Gasteiger charge is -2.32. The highest BCUT2D eigenvalue weighted by molar-refractivity contribution is 6.36. The maximum absolute atomic E-state index is 13.8. The van der Waals surface area contributed by atoms with Crippen LogP contribution in [0.5, 0.6) is 0 Å². The molecule has 1 atom stereocenters. The topological polar surface area (TPSA) is 139 Å². The second kappa shape index (κ2) is 9.77. The van der Waals surface area contributed by atoms with Crippen molar-refractivity contribution in [2.75, 3.05) is 10.6 Å². The molecular formula is C25H13BClF2N9. The van der Waals surface area contributed by atoms with Crippen LogP contribution in [0.4, 0.5) is 25.8 Å². The fraction of sp³-hybridized carbons (Fsp3) is 0.0400. The summed E-state index contributed by atoms with van der Waals surface area (Å²) >= 11 is 6.57. The van der Waals surface area contributed by atoms with E-state index in [2.05, 4.69) is 42.1 Å². The minimum absolute atomic E-state index is 0.103. The van der Waals surface area contributed by atoms with E-state index < -0.39 is 17.2 Å². The first kappa shape index (κ1) is 24.6. The van der Waals surface area contributed by atoms with Crippen molar-refractivity contribution in [1.82, 2.24) is 25.4 Å². The number of hydrogen-bond acceptors (Lipinski definition) is 8. The lowest BCUT2D eigenvalue weighted by atomic mass is 9.69. The fourth-order valence-electron chi connectivity index (χ4n) is 3.92. The second-order valence-electron chi connectivity index (χ2n) is 8.12. The Balaban J connectivity index is 1.66. The molecule has 0 amide bonds. The summed E-state index contributed by atoms with van der Waals surface area (Å²) in [7, 11) is 6.83. The summed E-state index contributed by atoms with van der Waals surface area (Å²) < 4.78 is 27.2. The van der Waals surface area contributed by atoms with Crippen LogP contribution in [0.25, 0.3) is 10.9 Å². The Hall–Kier alpha value is -5.07. The molecule has 0 saturated carbocycles. The van der Waals surface area contributed by atoms with E-state index in [0.717, 1.165) is 12.3 Å². The zero-order valence-corrected chi connectivity index (χ0v) is 19.9. The molecular weight excluding hydrogens is 511 g/mol. The highest BCUT2D eigenvalue weighted by Gasteiger charge is 2.31. The van der Waals surface area contributed by atoms with Crippen molar-refractivity contribution < 1.29 is 8.78 Å². The van der Waals surface area contributed by atoms with E-state index in [4.69, 9.17) is 19.4 Å². The number of hydrogen-bond donors (Lipinski definition) is 3. The predicted molar refractivity (Wildman–Crippen MR) is 137 cm³/mol. The molecule has 0 spiro atoms. The lowest BCUT2D eigenvalue weighted by Crippen LogP contribution is -2.37. The Morgan fingerprint density at radius 2 is 1.84 bits per heavy atom. The standard InChI is InChI=1S/C25H13BClF2N9/c26-25(21-12-34-38-37-21,15-3-1-2-13(4-15)8-30)36-16-5-18-22(35-17-7-20(28)24(29)33-11-17)14(9-31)10-32-23(18)19(27)6-16/h1-7,10-12,36H,(H,32,35)(H,34,37,38). The molecule has 5 aromatic rings. The van der Waals surface area contributed by atoms with Crippen LogP contribution in [-0.4, -0.2) is 33.2 Å². The van der Waals surface area contributed by atoms with E-state index in [1.807, 2.05) is 6.07 Å². The monoisotopic (exact) mass is 523 g/mol. The molecule has 3 heterocycles. The van der Waals surface area contributed by atoms with Gasteiger partial charge in [0.1, 0.15) is 19.6 Å². The van der Waals surface area contributed by atoms with Crippen molar-refractivity contribution in [3.05, 3.63) is 100 Å². The zero-order valence-electron chi connectivity index (χ0n) is 19.2. The maximum Gasteiger partial charge on any atom is 0.249 e. The molecule has 0 bridgehead atoms. The third-order valence-corrected chi connectivity index (χ3v) is 6.01. The van der Waals surface area contributed by atoms with Crippen molar-refractivity contribution in [3.63, 3.8) is 0 Å². The highest BCUT2D eigenvalue weighted by atomic mass is 35.5. The molecule has 1 unspecified atom stereocenters. The van der Waals surface area contributed by atoms with Crippen molar-refractivity contribution in [2.45, 2.75) is 5.44 Å². The van der Waals surface area contributed by atoms with Gasteiger partial charge in [-0.3, -0.25) is 4.98 Å². The Kier molecular flexibility index (Phi) is 6.33. The molecule has 0 aliphatic carbocycles. The van der Waals surface area contributed by atoms with Crippen molar-refractivity contribution in [2.24, 2.45) is 0 Å². The third-order valence-electron chi connectivity index (χ3n) is 5.72. The van der Waals surface area contributed by atoms with Gasteiger partial charge in [-0.25, -0.2) is 9.37 Å². The number of nitrogens with one attached hydrogen (secondary N) is 3. The van der Waals surface area contributed by atoms with E-state index in [9.17, 15) is 19.3 Å². The summed E-state index contributed by atoms with van der Waals surface area (Å²) in [6, 6.07) is 14.9. The smallest absolute Gasteiger partial charge is 0.249 e. The van der Waals surface area contributed by atoms with Gasteiger partial charge in [-0.15, -0.1) is 0 Å². The van der Waals surface area contributed by atoms with Crippen molar-refractivity contribution in [3.8, 4) is 12.1 Å². The third kappa shape index (κ3) is 4.45. The minimum Gasteiger partial charge on any atom is -0.378 e. The predicted octanol–water partition coefficient (Wildman–Crippen LogP) is 4.65. The van der Waals surface area contributed by atoms with Crippen LogP contribution in [0.15, 0.2) is 61.1 Å². The number of halogens is 3. The largest absolute Gasteiger partial charge is 0.378 e. The first-order valence-electron chi connectivity index (χ1n) is 10.9. The molecule has 0 saturated heterocycles. The van der Waals surface area contributed by atoms with Crippen LogP contribution >= 0.6 is 11.6 Å². The molecule has 13 heteroatoms. The van der Waals surface area contributed by atoms with Crippen LogP contribution < -0.4 is 10.6 Å². The zero-order chi connectivity index (χ0) is 26.9. The molecule has 2 aromatic carbocycles. The number of H-pyrrole nitrogens is 1. The Bertz CT molecular complexity index is 1770. The molecule has 182 valence electrons. The molecule has 3 aromatic heterocycles. The van der Waals surface area contributed by atoms with E-state index in [1.54, 1.807) is 36.4 Å². The second-order valence-corrected chi connectivity index (χ2v) is 8.52. The number of nitriles is 2. The first-order chi connectivity index (χ1) is 18.3. The number of benzene rings is 2. The van der Waals surface area contributed by atoms with E-state index in [-0.39, 0.29) is 22.0 Å². The van der Waals surface area contributed by atoms with Crippen LogP contribution in [0.1, 0.15) is 22.4 Å². The van der Waals surface area contributed by atoms with Gasteiger partial charge in [0, 0.05) is 23.3 Å². The summed E-state index contributed by atoms with van der Waals surface area (Å²) in [4.78, 5) is 7.66. The quantitative estimate of drug-likeness (QED) is 0.216. The van der Waals surface area contributed by atoms with Crippen molar-refractivity contribution in [1.29, 1.82) is 10.5 Å². The van der Waals surface area contributed by atoms with Crippen molar-refractivity contribution >= 4 is 47.4 Å². The van der Waals surface area contributed by atoms with Crippen LogP contribution in [0.3, 0.4) is 0 Å². The van der Waals surface area contributed by atoms with Gasteiger partial charge in [0.2, 0.25) is 5.95 Å². The Morgan fingerprint density at radius 1 is 1.00 bits per heavy atom. The average Bonchev–Trinajstić information content (AvgIpc) is 3.47. The number of aromatic nitrogens is 5. The van der Waals surface area contributed by atoms with Gasteiger partial charge in [0.05, 0.1) is 56.9 Å².